The van der Waals surface area contributed by atoms with Crippen LogP contribution in [0.1, 0.15) is 31.2 Å². The smallest absolute Gasteiger partial charge is 0.222 e. The van der Waals surface area contributed by atoms with Crippen LogP contribution in [0.3, 0.4) is 0 Å². The molecule has 1 unspecified atom stereocenters. The Morgan fingerprint density at radius 3 is 2.95 bits per heavy atom. The molecule has 5 nitrogen and oxygen atoms in total. The number of fused-ring (bicyclic) bond motifs is 1. The molecule has 3 heterocycles. The minimum Gasteiger partial charge on any atom is -0.337 e. The van der Waals surface area contributed by atoms with Crippen molar-refractivity contribution in [2.24, 2.45) is 0 Å². The van der Waals surface area contributed by atoms with E-state index in [1.54, 1.807) is 0 Å². The van der Waals surface area contributed by atoms with Gasteiger partial charge in [0.25, 0.3) is 0 Å². The van der Waals surface area contributed by atoms with Gasteiger partial charge in [-0.1, -0.05) is 0 Å². The summed E-state index contributed by atoms with van der Waals surface area (Å²) in [4.78, 5) is 16.2. The quantitative estimate of drug-likeness (QED) is 0.842. The number of hydrogen-bond acceptors (Lipinski definition) is 3. The maximum atomic E-state index is 11.7. The Morgan fingerprint density at radius 1 is 1.40 bits per heavy atom. The Bertz CT molecular complexity index is 527. The number of aryl methyl sites for hydroxylation is 2. The zero-order valence-electron chi connectivity index (χ0n) is 12.1. The highest BCUT2D eigenvalue weighted by Crippen LogP contribution is 2.26. The first kappa shape index (κ1) is 14.1. The van der Waals surface area contributed by atoms with Crippen LogP contribution in [0.25, 0.3) is 0 Å². The van der Waals surface area contributed by atoms with Crippen molar-refractivity contribution < 1.29 is 4.79 Å². The summed E-state index contributed by atoms with van der Waals surface area (Å²) in [6.07, 6.45) is 1.75. The van der Waals surface area contributed by atoms with Crippen LogP contribution in [-0.4, -0.2) is 51.2 Å². The molecule has 2 fully saturated rings. The molecule has 2 aliphatic heterocycles. The second-order valence-electron chi connectivity index (χ2n) is 5.68. The van der Waals surface area contributed by atoms with E-state index in [0.29, 0.717) is 11.9 Å². The summed E-state index contributed by atoms with van der Waals surface area (Å²) < 4.78 is 3.20. The SMILES string of the molecule is CCn1nc(C)c(Br)c1CN1CCN2C(=O)CCC2C1. The van der Waals surface area contributed by atoms with E-state index in [2.05, 4.69) is 42.4 Å². The number of halogens is 1. The predicted octanol–water partition coefficient (Wildman–Crippen LogP) is 1.78. The molecule has 2 saturated heterocycles. The Labute approximate surface area is 128 Å². The standard InChI is InChI=1S/C14H21BrN4O/c1-3-19-12(14(15)10(2)16-19)9-17-6-7-18-11(8-17)4-5-13(18)20/h11H,3-9H2,1-2H3. The third-order valence-electron chi connectivity index (χ3n) is 4.40. The Kier molecular flexibility index (Phi) is 3.86. The number of hydrogen-bond donors (Lipinski definition) is 0. The van der Waals surface area contributed by atoms with E-state index in [4.69, 9.17) is 0 Å². The van der Waals surface area contributed by atoms with Crippen LogP contribution in [0.5, 0.6) is 0 Å². The van der Waals surface area contributed by atoms with Crippen LogP contribution in [0.4, 0.5) is 0 Å². The average molecular weight is 341 g/mol. The van der Waals surface area contributed by atoms with Crippen LogP contribution in [-0.2, 0) is 17.9 Å². The summed E-state index contributed by atoms with van der Waals surface area (Å²) >= 11 is 3.66. The van der Waals surface area contributed by atoms with E-state index in [0.717, 1.165) is 55.7 Å². The van der Waals surface area contributed by atoms with Gasteiger partial charge in [-0.05, 0) is 36.2 Å². The fourth-order valence-corrected chi connectivity index (χ4v) is 3.71. The van der Waals surface area contributed by atoms with Crippen molar-refractivity contribution in [1.82, 2.24) is 19.6 Å². The van der Waals surface area contributed by atoms with E-state index >= 15 is 0 Å². The van der Waals surface area contributed by atoms with Crippen LogP contribution in [0.2, 0.25) is 0 Å². The number of piperazine rings is 1. The molecule has 1 amide bonds. The molecule has 2 aliphatic rings. The van der Waals surface area contributed by atoms with Gasteiger partial charge in [-0.2, -0.15) is 5.10 Å². The van der Waals surface area contributed by atoms with E-state index in [9.17, 15) is 4.79 Å². The maximum Gasteiger partial charge on any atom is 0.222 e. The molecule has 1 aromatic heterocycles. The molecule has 0 aromatic carbocycles. The van der Waals surface area contributed by atoms with Crippen molar-refractivity contribution in [3.8, 4) is 0 Å². The molecule has 1 aromatic rings. The fraction of sp³-hybridized carbons (Fsp3) is 0.714. The summed E-state index contributed by atoms with van der Waals surface area (Å²) in [6.45, 7) is 8.79. The maximum absolute atomic E-state index is 11.7. The number of carbonyl (C=O) groups is 1. The predicted molar refractivity (Wildman–Crippen MR) is 80.4 cm³/mol. The molecule has 0 spiro atoms. The van der Waals surface area contributed by atoms with Gasteiger partial charge in [0, 0.05) is 45.2 Å². The van der Waals surface area contributed by atoms with E-state index in [-0.39, 0.29) is 0 Å². The molecular formula is C14H21BrN4O. The summed E-state index contributed by atoms with van der Waals surface area (Å²) in [7, 11) is 0. The lowest BCUT2D eigenvalue weighted by atomic mass is 10.1. The van der Waals surface area contributed by atoms with Crippen LogP contribution in [0.15, 0.2) is 4.47 Å². The van der Waals surface area contributed by atoms with Gasteiger partial charge in [0.15, 0.2) is 0 Å². The second-order valence-corrected chi connectivity index (χ2v) is 6.47. The average Bonchev–Trinajstić information content (AvgIpc) is 2.94. The molecule has 6 heteroatoms. The molecule has 110 valence electrons. The molecule has 20 heavy (non-hydrogen) atoms. The highest BCUT2D eigenvalue weighted by atomic mass is 79.9. The number of rotatable bonds is 3. The molecule has 3 rings (SSSR count). The van der Waals surface area contributed by atoms with E-state index < -0.39 is 0 Å². The molecule has 0 N–H and O–H groups in total. The zero-order valence-corrected chi connectivity index (χ0v) is 13.7. The first-order chi connectivity index (χ1) is 9.60. The van der Waals surface area contributed by atoms with Gasteiger partial charge in [-0.3, -0.25) is 14.4 Å². The Balaban J connectivity index is 1.72. The van der Waals surface area contributed by atoms with Gasteiger partial charge in [-0.15, -0.1) is 0 Å². The minimum absolute atomic E-state index is 0.338. The van der Waals surface area contributed by atoms with E-state index in [1.165, 1.54) is 5.69 Å². The Hall–Kier alpha value is -0.880. The minimum atomic E-state index is 0.338. The zero-order chi connectivity index (χ0) is 14.3. The van der Waals surface area contributed by atoms with Gasteiger partial charge in [0.1, 0.15) is 0 Å². The molecular weight excluding hydrogens is 320 g/mol. The van der Waals surface area contributed by atoms with Gasteiger partial charge in [0.05, 0.1) is 15.9 Å². The summed E-state index contributed by atoms with van der Waals surface area (Å²) in [5, 5.41) is 4.55. The first-order valence-electron chi connectivity index (χ1n) is 7.33. The second kappa shape index (κ2) is 5.48. The van der Waals surface area contributed by atoms with Crippen LogP contribution < -0.4 is 0 Å². The molecule has 0 aliphatic carbocycles. The lowest BCUT2D eigenvalue weighted by molar-refractivity contribution is -0.130. The van der Waals surface area contributed by atoms with Crippen LogP contribution >= 0.6 is 15.9 Å². The summed E-state index contributed by atoms with van der Waals surface area (Å²) in [5.74, 6) is 0.338. The molecule has 0 bridgehead atoms. The highest BCUT2D eigenvalue weighted by Gasteiger charge is 2.35. The summed E-state index contributed by atoms with van der Waals surface area (Å²) in [6, 6.07) is 0.425. The number of amides is 1. The number of aromatic nitrogens is 2. The molecule has 1 atom stereocenters. The van der Waals surface area contributed by atoms with Crippen molar-refractivity contribution in [1.29, 1.82) is 0 Å². The monoisotopic (exact) mass is 340 g/mol. The lowest BCUT2D eigenvalue weighted by Crippen LogP contribution is -2.51. The topological polar surface area (TPSA) is 41.4 Å². The van der Waals surface area contributed by atoms with Gasteiger partial charge < -0.3 is 4.90 Å². The Morgan fingerprint density at radius 2 is 2.20 bits per heavy atom. The molecule has 0 saturated carbocycles. The van der Waals surface area contributed by atoms with Gasteiger partial charge in [-0.25, -0.2) is 0 Å². The van der Waals surface area contributed by atoms with Crippen LogP contribution in [0, 0.1) is 6.92 Å². The summed E-state index contributed by atoms with van der Waals surface area (Å²) in [5.41, 5.74) is 2.30. The largest absolute Gasteiger partial charge is 0.337 e. The number of nitrogens with zero attached hydrogens (tertiary/aromatic N) is 4. The van der Waals surface area contributed by atoms with Crippen molar-refractivity contribution in [2.75, 3.05) is 19.6 Å². The normalized spacial score (nSPS) is 23.4. The third-order valence-corrected chi connectivity index (χ3v) is 5.44. The fourth-order valence-electron chi connectivity index (χ4n) is 3.30. The van der Waals surface area contributed by atoms with Gasteiger partial charge in [0.2, 0.25) is 5.91 Å². The number of carbonyl (C=O) groups excluding carboxylic acids is 1. The van der Waals surface area contributed by atoms with Crippen molar-refractivity contribution in [3.63, 3.8) is 0 Å². The third kappa shape index (κ3) is 2.39. The first-order valence-corrected chi connectivity index (χ1v) is 8.13. The highest BCUT2D eigenvalue weighted by molar-refractivity contribution is 9.10. The van der Waals surface area contributed by atoms with Crippen molar-refractivity contribution >= 4 is 21.8 Å². The van der Waals surface area contributed by atoms with Gasteiger partial charge >= 0.3 is 0 Å². The van der Waals surface area contributed by atoms with Crippen molar-refractivity contribution in [3.05, 3.63) is 15.9 Å². The van der Waals surface area contributed by atoms with Crippen molar-refractivity contribution in [2.45, 2.75) is 45.8 Å². The lowest BCUT2D eigenvalue weighted by Gasteiger charge is -2.37. The van der Waals surface area contributed by atoms with E-state index in [1.807, 2.05) is 6.92 Å². The molecule has 0 radical (unpaired) electrons.